The molecule has 0 aliphatic heterocycles. The number of Topliss-reactive ketones (excluding diaryl/α,β-unsaturated/α-hetero) is 1. The number of hydrogen-bond acceptors (Lipinski definition) is 5. The molecule has 186 valence electrons. The van der Waals surface area contributed by atoms with Gasteiger partial charge in [0.15, 0.2) is 0 Å². The van der Waals surface area contributed by atoms with Crippen molar-refractivity contribution in [1.82, 2.24) is 16.0 Å². The summed E-state index contributed by atoms with van der Waals surface area (Å²) in [7, 11) is 0. The quantitative estimate of drug-likeness (QED) is 0.210. The molecule has 0 aromatic rings. The summed E-state index contributed by atoms with van der Waals surface area (Å²) in [5.74, 6) is 0.538. The molecule has 32 heavy (non-hydrogen) atoms. The maximum absolute atomic E-state index is 12.3. The van der Waals surface area contributed by atoms with Gasteiger partial charge in [0.1, 0.15) is 12.0 Å². The van der Waals surface area contributed by atoms with E-state index in [1.165, 1.54) is 18.4 Å². The molecule has 1 aliphatic carbocycles. The highest BCUT2D eigenvalue weighted by Gasteiger charge is 2.29. The van der Waals surface area contributed by atoms with Gasteiger partial charge >= 0.3 is 0 Å². The van der Waals surface area contributed by atoms with Crippen LogP contribution in [0, 0.1) is 11.8 Å². The Labute approximate surface area is 196 Å². The van der Waals surface area contributed by atoms with Crippen LogP contribution >= 0.6 is 0 Å². The van der Waals surface area contributed by atoms with Crippen molar-refractivity contribution < 1.29 is 14.7 Å². The number of rotatable bonds is 16. The Bertz CT molecular complexity index is 593. The van der Waals surface area contributed by atoms with Gasteiger partial charge in [-0.05, 0) is 57.3 Å². The smallest absolute Gasteiger partial charge is 0.220 e. The van der Waals surface area contributed by atoms with Gasteiger partial charge in [0.25, 0.3) is 0 Å². The van der Waals surface area contributed by atoms with E-state index in [0.29, 0.717) is 13.0 Å². The van der Waals surface area contributed by atoms with Crippen molar-refractivity contribution in [2.75, 3.05) is 6.54 Å². The lowest BCUT2D eigenvalue weighted by Crippen LogP contribution is -2.58. The molecule has 0 heterocycles. The summed E-state index contributed by atoms with van der Waals surface area (Å²) >= 11 is 0. The summed E-state index contributed by atoms with van der Waals surface area (Å²) in [6.07, 6.45) is 10.0. The first-order chi connectivity index (χ1) is 15.2. The van der Waals surface area contributed by atoms with E-state index in [1.807, 2.05) is 6.92 Å². The first-order valence-corrected chi connectivity index (χ1v) is 12.9. The first kappa shape index (κ1) is 28.8. The first-order valence-electron chi connectivity index (χ1n) is 12.9. The zero-order valence-corrected chi connectivity index (χ0v) is 21.4. The molecule has 6 atom stereocenters. The standard InChI is InChI=1S/C26H49N3O3/c1-7-13-23(31)29-25(19(5)9-3)26(32)28-22(16-21-14-11-10-12-15-21)17-27-24(20(6)30)18(4)8-2/h14,18-19,22,24-28,32H,7-13,15-17H2,1-6H3,(H,29,31). The highest BCUT2D eigenvalue weighted by atomic mass is 16.3. The molecule has 0 aromatic heterocycles. The predicted octanol–water partition coefficient (Wildman–Crippen LogP) is 4.08. The zero-order valence-electron chi connectivity index (χ0n) is 21.4. The Kier molecular flexibility index (Phi) is 14.0. The van der Waals surface area contributed by atoms with Crippen molar-refractivity contribution in [3.63, 3.8) is 0 Å². The van der Waals surface area contributed by atoms with Crippen LogP contribution in [0.25, 0.3) is 0 Å². The molecule has 1 amide bonds. The normalized spacial score (nSPS) is 19.9. The number of allylic oxidation sites excluding steroid dienone is 1. The summed E-state index contributed by atoms with van der Waals surface area (Å²) < 4.78 is 0. The highest BCUT2D eigenvalue weighted by molar-refractivity contribution is 5.81. The minimum absolute atomic E-state index is 0.0169. The molecule has 0 saturated carbocycles. The highest BCUT2D eigenvalue weighted by Crippen LogP contribution is 2.22. The Morgan fingerprint density at radius 2 is 1.78 bits per heavy atom. The van der Waals surface area contributed by atoms with Crippen LogP contribution in [-0.4, -0.2) is 47.7 Å². The number of nitrogens with one attached hydrogen (secondary N) is 3. The van der Waals surface area contributed by atoms with Crippen molar-refractivity contribution >= 4 is 11.7 Å². The lowest BCUT2D eigenvalue weighted by Gasteiger charge is -2.34. The molecule has 0 aromatic carbocycles. The molecule has 0 fully saturated rings. The Morgan fingerprint density at radius 3 is 2.31 bits per heavy atom. The Balaban J connectivity index is 2.94. The second-order valence-corrected chi connectivity index (χ2v) is 9.73. The summed E-state index contributed by atoms with van der Waals surface area (Å²) in [6.45, 7) is 12.6. The lowest BCUT2D eigenvalue weighted by atomic mass is 9.92. The van der Waals surface area contributed by atoms with E-state index in [4.69, 9.17) is 0 Å². The second kappa shape index (κ2) is 15.6. The molecule has 1 aliphatic rings. The average Bonchev–Trinajstić information content (AvgIpc) is 2.77. The Hall–Kier alpha value is -1.24. The van der Waals surface area contributed by atoms with Gasteiger partial charge in [-0.25, -0.2) is 0 Å². The van der Waals surface area contributed by atoms with Crippen molar-refractivity contribution in [3.05, 3.63) is 11.6 Å². The van der Waals surface area contributed by atoms with E-state index in [1.54, 1.807) is 6.92 Å². The van der Waals surface area contributed by atoms with Crippen LogP contribution in [0.5, 0.6) is 0 Å². The lowest BCUT2D eigenvalue weighted by molar-refractivity contribution is -0.123. The fourth-order valence-electron chi connectivity index (χ4n) is 4.46. The summed E-state index contributed by atoms with van der Waals surface area (Å²) in [5, 5.41) is 21.0. The number of amides is 1. The van der Waals surface area contributed by atoms with Gasteiger partial charge in [0.2, 0.25) is 5.91 Å². The molecular formula is C26H49N3O3. The summed E-state index contributed by atoms with van der Waals surface area (Å²) in [4.78, 5) is 24.5. The number of carbonyl (C=O) groups excluding carboxylic acids is 2. The monoisotopic (exact) mass is 451 g/mol. The fourth-order valence-corrected chi connectivity index (χ4v) is 4.46. The van der Waals surface area contributed by atoms with E-state index in [2.05, 4.69) is 49.7 Å². The maximum Gasteiger partial charge on any atom is 0.220 e. The number of hydrogen-bond donors (Lipinski definition) is 4. The molecule has 4 N–H and O–H groups in total. The number of aliphatic hydroxyl groups is 1. The molecule has 6 heteroatoms. The maximum atomic E-state index is 12.3. The van der Waals surface area contributed by atoms with Crippen molar-refractivity contribution in [2.24, 2.45) is 11.8 Å². The van der Waals surface area contributed by atoms with Crippen molar-refractivity contribution in [1.29, 1.82) is 0 Å². The van der Waals surface area contributed by atoms with Gasteiger partial charge in [-0.15, -0.1) is 0 Å². The number of carbonyl (C=O) groups is 2. The van der Waals surface area contributed by atoms with Crippen LogP contribution in [0.2, 0.25) is 0 Å². The molecule has 1 rings (SSSR count). The summed E-state index contributed by atoms with van der Waals surface area (Å²) in [6, 6.07) is -0.550. The van der Waals surface area contributed by atoms with E-state index in [9.17, 15) is 14.7 Å². The average molecular weight is 452 g/mol. The third-order valence-electron chi connectivity index (χ3n) is 6.94. The van der Waals surface area contributed by atoms with Gasteiger partial charge in [-0.1, -0.05) is 59.1 Å². The van der Waals surface area contributed by atoms with E-state index < -0.39 is 6.23 Å². The molecule has 0 saturated heterocycles. The number of aliphatic hydroxyl groups excluding tert-OH is 1. The molecule has 0 radical (unpaired) electrons. The van der Waals surface area contributed by atoms with Crippen molar-refractivity contribution in [3.8, 4) is 0 Å². The minimum Gasteiger partial charge on any atom is -0.376 e. The molecule has 6 nitrogen and oxygen atoms in total. The molecule has 0 bridgehead atoms. The van der Waals surface area contributed by atoms with Gasteiger partial charge in [0, 0.05) is 19.0 Å². The van der Waals surface area contributed by atoms with Crippen LogP contribution in [0.4, 0.5) is 0 Å². The van der Waals surface area contributed by atoms with E-state index in [-0.39, 0.29) is 41.7 Å². The van der Waals surface area contributed by atoms with E-state index in [0.717, 1.165) is 38.5 Å². The molecule has 0 spiro atoms. The number of ketones is 1. The fraction of sp³-hybridized carbons (Fsp3) is 0.846. The molecule has 6 unspecified atom stereocenters. The van der Waals surface area contributed by atoms with Crippen LogP contribution in [0.15, 0.2) is 11.6 Å². The van der Waals surface area contributed by atoms with Crippen LogP contribution in [0.1, 0.15) is 99.3 Å². The van der Waals surface area contributed by atoms with Crippen LogP contribution in [0.3, 0.4) is 0 Å². The van der Waals surface area contributed by atoms with Gasteiger partial charge < -0.3 is 15.7 Å². The van der Waals surface area contributed by atoms with Gasteiger partial charge in [-0.3, -0.25) is 14.9 Å². The SMILES string of the molecule is CCCC(=O)NC(C(C)CC)C(O)NC(CNC(C(C)=O)C(C)CC)CC1=CCCCC1. The summed E-state index contributed by atoms with van der Waals surface area (Å²) in [5.41, 5.74) is 1.42. The molecular weight excluding hydrogens is 402 g/mol. The third kappa shape index (κ3) is 10.1. The van der Waals surface area contributed by atoms with E-state index >= 15 is 0 Å². The third-order valence-corrected chi connectivity index (χ3v) is 6.94. The second-order valence-electron chi connectivity index (χ2n) is 9.73. The Morgan fingerprint density at radius 1 is 1.09 bits per heavy atom. The topological polar surface area (TPSA) is 90.5 Å². The minimum atomic E-state index is -0.846. The zero-order chi connectivity index (χ0) is 24.1. The van der Waals surface area contributed by atoms with Gasteiger partial charge in [-0.2, -0.15) is 0 Å². The predicted molar refractivity (Wildman–Crippen MR) is 132 cm³/mol. The largest absolute Gasteiger partial charge is 0.376 e. The van der Waals surface area contributed by atoms with Gasteiger partial charge in [0.05, 0.1) is 12.1 Å². The van der Waals surface area contributed by atoms with Crippen LogP contribution in [-0.2, 0) is 9.59 Å². The van der Waals surface area contributed by atoms with Crippen molar-refractivity contribution in [2.45, 2.75) is 124 Å². The van der Waals surface area contributed by atoms with Crippen LogP contribution < -0.4 is 16.0 Å².